The minimum Gasteiger partial charge on any atom is -0.368 e. The first kappa shape index (κ1) is 11.5. The fourth-order valence-corrected chi connectivity index (χ4v) is 0. The Bertz CT molecular complexity index is 64.7. The lowest BCUT2D eigenvalue weighted by molar-refractivity contribution is 0.117. The van der Waals surface area contributed by atoms with Crippen LogP contribution in [0.15, 0.2) is 12.7 Å². The van der Waals surface area contributed by atoms with Crippen molar-refractivity contribution in [2.24, 2.45) is 5.73 Å². The zero-order valence-corrected chi connectivity index (χ0v) is 5.86. The van der Waals surface area contributed by atoms with Crippen LogP contribution in [0.4, 0.5) is 0 Å². The molecule has 6 N–H and O–H groups in total. The highest BCUT2D eigenvalue weighted by atomic mass is 28.4. The van der Waals surface area contributed by atoms with Crippen molar-refractivity contribution >= 4 is 9.05 Å². The molecule has 0 aliphatic carbocycles. The van der Waals surface area contributed by atoms with E-state index in [1.165, 1.54) is 0 Å². The van der Waals surface area contributed by atoms with E-state index in [-0.39, 0.29) is 0 Å². The lowest BCUT2D eigenvalue weighted by Crippen LogP contribution is -2.33. The molecule has 0 saturated heterocycles. The van der Waals surface area contributed by atoms with Crippen LogP contribution in [0.5, 0.6) is 0 Å². The summed E-state index contributed by atoms with van der Waals surface area (Å²) in [6, 6.07) is 0. The predicted octanol–water partition coefficient (Wildman–Crippen LogP) is -2.48. The Labute approximate surface area is 54.2 Å². The molecule has 9 heavy (non-hydrogen) atoms. The molecule has 5 nitrogen and oxygen atoms in total. The maximum atomic E-state index is 7.33. The monoisotopic (exact) mass is 153 g/mol. The second kappa shape index (κ2) is 5.89. The summed E-state index contributed by atoms with van der Waals surface area (Å²) in [7, 11) is -4.61. The Balaban J connectivity index is 0. The Kier molecular flexibility index (Phi) is 7.55. The van der Waals surface area contributed by atoms with Crippen LogP contribution in [0.25, 0.3) is 0 Å². The molecule has 0 radical (unpaired) electrons. The average molecular weight is 153 g/mol. The molecule has 0 unspecified atom stereocenters. The zero-order chi connectivity index (χ0) is 7.91. The Morgan fingerprint density at radius 3 is 1.44 bits per heavy atom. The van der Waals surface area contributed by atoms with Crippen molar-refractivity contribution in [3.8, 4) is 0 Å². The van der Waals surface area contributed by atoms with Crippen LogP contribution in [-0.4, -0.2) is 34.8 Å². The van der Waals surface area contributed by atoms with Crippen LogP contribution in [0.2, 0.25) is 0 Å². The molecule has 56 valence electrons. The molecule has 0 fully saturated rings. The van der Waals surface area contributed by atoms with Crippen LogP contribution >= 0.6 is 0 Å². The second-order valence-electron chi connectivity index (χ2n) is 1.12. The number of hydrogen-bond donors (Lipinski definition) is 5. The number of hydrogen-bond acceptors (Lipinski definition) is 5. The third-order valence-electron chi connectivity index (χ3n) is 0.167. The first-order chi connectivity index (χ1) is 3.91. The first-order valence-electron chi connectivity index (χ1n) is 2.12. The van der Waals surface area contributed by atoms with E-state index in [1.807, 2.05) is 0 Å². The number of rotatable bonds is 1. The maximum absolute atomic E-state index is 7.33. The molecule has 6 heteroatoms. The molecule has 0 saturated carbocycles. The van der Waals surface area contributed by atoms with Crippen molar-refractivity contribution in [1.82, 2.24) is 0 Å². The molecular weight excluding hydrogens is 142 g/mol. The van der Waals surface area contributed by atoms with Crippen molar-refractivity contribution in [3.63, 3.8) is 0 Å². The Morgan fingerprint density at radius 2 is 1.44 bits per heavy atom. The van der Waals surface area contributed by atoms with Gasteiger partial charge >= 0.3 is 9.05 Å². The summed E-state index contributed by atoms with van der Waals surface area (Å²) in [4.78, 5) is 29.3. The van der Waals surface area contributed by atoms with Gasteiger partial charge in [0.2, 0.25) is 0 Å². The summed E-state index contributed by atoms with van der Waals surface area (Å²) in [5.74, 6) is 0. The average Bonchev–Trinajstić information content (AvgIpc) is 1.61. The van der Waals surface area contributed by atoms with Gasteiger partial charge in [-0.25, -0.2) is 0 Å². The predicted molar refractivity (Wildman–Crippen MR) is 33.9 cm³/mol. The van der Waals surface area contributed by atoms with E-state index in [9.17, 15) is 0 Å². The first-order valence-corrected chi connectivity index (χ1v) is 3.91. The smallest absolute Gasteiger partial charge is 0.368 e. The van der Waals surface area contributed by atoms with Gasteiger partial charge in [0, 0.05) is 6.54 Å². The highest BCUT2D eigenvalue weighted by Crippen LogP contribution is 1.67. The van der Waals surface area contributed by atoms with Crippen LogP contribution in [0, 0.1) is 0 Å². The van der Waals surface area contributed by atoms with Gasteiger partial charge in [0.15, 0.2) is 0 Å². The van der Waals surface area contributed by atoms with Crippen molar-refractivity contribution < 1.29 is 19.2 Å². The van der Waals surface area contributed by atoms with Gasteiger partial charge in [-0.15, -0.1) is 6.58 Å². The third-order valence-corrected chi connectivity index (χ3v) is 0.167. The summed E-state index contributed by atoms with van der Waals surface area (Å²) < 4.78 is 0. The van der Waals surface area contributed by atoms with E-state index in [0.717, 1.165) is 0 Å². The van der Waals surface area contributed by atoms with Gasteiger partial charge in [0.1, 0.15) is 0 Å². The standard InChI is InChI=1S/C3H7N.H4O4Si/c1-2-3-4;1-5(2,3)4/h2H,1,3-4H2;1-4H. The second-order valence-corrected chi connectivity index (χ2v) is 2.32. The lowest BCUT2D eigenvalue weighted by atomic mass is 10.7. The molecule has 0 atom stereocenters. The summed E-state index contributed by atoms with van der Waals surface area (Å²) in [5.41, 5.74) is 4.91. The molecule has 0 heterocycles. The van der Waals surface area contributed by atoms with E-state index >= 15 is 0 Å². The molecule has 0 aliphatic rings. The summed E-state index contributed by atoms with van der Waals surface area (Å²) in [5, 5.41) is 0. The van der Waals surface area contributed by atoms with Crippen molar-refractivity contribution in [2.75, 3.05) is 6.54 Å². The number of nitrogens with two attached hydrogens (primary N) is 1. The van der Waals surface area contributed by atoms with Crippen molar-refractivity contribution in [2.45, 2.75) is 0 Å². The van der Waals surface area contributed by atoms with Gasteiger partial charge in [-0.2, -0.15) is 0 Å². The van der Waals surface area contributed by atoms with Gasteiger partial charge in [-0.3, -0.25) is 0 Å². The highest BCUT2D eigenvalue weighted by Gasteiger charge is 2.22. The van der Waals surface area contributed by atoms with Gasteiger partial charge in [-0.1, -0.05) is 6.08 Å². The molecule has 0 aromatic heterocycles. The van der Waals surface area contributed by atoms with Gasteiger partial charge in [0.05, 0.1) is 0 Å². The minimum atomic E-state index is -4.61. The van der Waals surface area contributed by atoms with Crippen molar-refractivity contribution in [1.29, 1.82) is 0 Å². The molecule has 0 amide bonds. The molecule has 0 aliphatic heterocycles. The highest BCUT2D eigenvalue weighted by molar-refractivity contribution is 6.46. The lowest BCUT2D eigenvalue weighted by Gasteiger charge is -1.91. The molecule has 0 aromatic carbocycles. The van der Waals surface area contributed by atoms with Gasteiger partial charge in [-0.05, 0) is 0 Å². The minimum absolute atomic E-state index is 0.583. The normalized spacial score (nSPS) is 9.44. The SMILES string of the molecule is C=CCN.O[Si](O)(O)O. The maximum Gasteiger partial charge on any atom is 0.668 e. The van der Waals surface area contributed by atoms with Crippen LogP contribution in [0.3, 0.4) is 0 Å². The molecule has 0 bridgehead atoms. The third kappa shape index (κ3) is 449. The molecular formula is C3H11NO4Si. The van der Waals surface area contributed by atoms with E-state index in [0.29, 0.717) is 6.54 Å². The quantitative estimate of drug-likeness (QED) is 0.212. The van der Waals surface area contributed by atoms with Crippen LogP contribution < -0.4 is 5.73 Å². The fourth-order valence-electron chi connectivity index (χ4n) is 0. The topological polar surface area (TPSA) is 107 Å². The van der Waals surface area contributed by atoms with Crippen molar-refractivity contribution in [3.05, 3.63) is 12.7 Å². The van der Waals surface area contributed by atoms with Crippen LogP contribution in [-0.2, 0) is 0 Å². The zero-order valence-electron chi connectivity index (χ0n) is 4.86. The fraction of sp³-hybridized carbons (Fsp3) is 0.333. The largest absolute Gasteiger partial charge is 0.668 e. The van der Waals surface area contributed by atoms with E-state index in [4.69, 9.17) is 24.9 Å². The molecule has 0 rings (SSSR count). The van der Waals surface area contributed by atoms with Gasteiger partial charge < -0.3 is 24.9 Å². The van der Waals surface area contributed by atoms with E-state index < -0.39 is 9.05 Å². The Morgan fingerprint density at radius 1 is 1.33 bits per heavy atom. The summed E-state index contributed by atoms with van der Waals surface area (Å²) in [6.45, 7) is 3.94. The summed E-state index contributed by atoms with van der Waals surface area (Å²) in [6.07, 6.45) is 1.65. The summed E-state index contributed by atoms with van der Waals surface area (Å²) >= 11 is 0. The Hall–Kier alpha value is -0.243. The van der Waals surface area contributed by atoms with Gasteiger partial charge in [0.25, 0.3) is 0 Å². The van der Waals surface area contributed by atoms with Crippen LogP contribution in [0.1, 0.15) is 0 Å². The van der Waals surface area contributed by atoms with E-state index in [1.54, 1.807) is 6.08 Å². The molecule has 0 spiro atoms. The van der Waals surface area contributed by atoms with E-state index in [2.05, 4.69) is 6.58 Å². The molecule has 0 aromatic rings.